The number of piperidine rings is 1. The van der Waals surface area contributed by atoms with E-state index in [1.807, 2.05) is 0 Å². The van der Waals surface area contributed by atoms with E-state index in [1.165, 1.54) is 55.9 Å². The monoisotopic (exact) mass is 481 g/mol. The maximum Gasteiger partial charge on any atom is 0.264 e. The molecule has 0 spiro atoms. The standard InChI is InChI=1S/C23H29ClFN3O3S/c1-16-5-4-12-28(15-16)17(2)14-26-23(29)21-13-20(10-11-22(21)24)32(30,31)27(3)19-8-6-18(25)7-9-19/h6-11,13,16-17H,4-5,12,14-15H2,1-3H3,(H,26,29). The highest BCUT2D eigenvalue weighted by molar-refractivity contribution is 7.92. The fourth-order valence-corrected chi connectivity index (χ4v) is 5.30. The van der Waals surface area contributed by atoms with Gasteiger partial charge in [0.25, 0.3) is 15.9 Å². The van der Waals surface area contributed by atoms with E-state index in [9.17, 15) is 17.6 Å². The normalized spacial score (nSPS) is 18.2. The zero-order chi connectivity index (χ0) is 23.5. The number of hydrogen-bond acceptors (Lipinski definition) is 4. The van der Waals surface area contributed by atoms with Gasteiger partial charge in [0.15, 0.2) is 0 Å². The van der Waals surface area contributed by atoms with Crippen LogP contribution in [0.2, 0.25) is 5.02 Å². The number of benzene rings is 2. The summed E-state index contributed by atoms with van der Waals surface area (Å²) in [7, 11) is -2.59. The van der Waals surface area contributed by atoms with Crippen molar-refractivity contribution in [3.8, 4) is 0 Å². The number of rotatable bonds is 7. The molecular formula is C23H29ClFN3O3S. The Kier molecular flexibility index (Phi) is 7.79. The maximum absolute atomic E-state index is 13.2. The summed E-state index contributed by atoms with van der Waals surface area (Å²) in [5.41, 5.74) is 0.399. The first-order valence-corrected chi connectivity index (χ1v) is 12.5. The molecular weight excluding hydrogens is 453 g/mol. The van der Waals surface area contributed by atoms with E-state index >= 15 is 0 Å². The third-order valence-corrected chi connectivity index (χ3v) is 8.01. The largest absolute Gasteiger partial charge is 0.350 e. The lowest BCUT2D eigenvalue weighted by Crippen LogP contribution is -2.46. The van der Waals surface area contributed by atoms with Crippen LogP contribution in [0.25, 0.3) is 0 Å². The number of hydrogen-bond donors (Lipinski definition) is 1. The average Bonchev–Trinajstić information content (AvgIpc) is 2.77. The summed E-state index contributed by atoms with van der Waals surface area (Å²) < 4.78 is 40.3. The van der Waals surface area contributed by atoms with Crippen LogP contribution >= 0.6 is 11.6 Å². The molecule has 0 aliphatic carbocycles. The van der Waals surface area contributed by atoms with Crippen LogP contribution in [0.4, 0.5) is 10.1 Å². The van der Waals surface area contributed by atoms with E-state index in [2.05, 4.69) is 24.1 Å². The number of anilines is 1. The van der Waals surface area contributed by atoms with Gasteiger partial charge in [-0.1, -0.05) is 18.5 Å². The van der Waals surface area contributed by atoms with E-state index < -0.39 is 21.7 Å². The SMILES string of the molecule is CC1CCCN(C(C)CNC(=O)c2cc(S(=O)(=O)N(C)c3ccc(F)cc3)ccc2Cl)C1. The van der Waals surface area contributed by atoms with Crippen LogP contribution in [-0.4, -0.2) is 51.9 Å². The van der Waals surface area contributed by atoms with Crippen molar-refractivity contribution in [3.63, 3.8) is 0 Å². The van der Waals surface area contributed by atoms with Gasteiger partial charge in [-0.3, -0.25) is 14.0 Å². The van der Waals surface area contributed by atoms with Gasteiger partial charge in [0, 0.05) is 26.2 Å². The molecule has 1 fully saturated rings. The maximum atomic E-state index is 13.2. The van der Waals surface area contributed by atoms with Crippen molar-refractivity contribution < 1.29 is 17.6 Å². The van der Waals surface area contributed by atoms with Crippen LogP contribution < -0.4 is 9.62 Å². The Labute approximate surface area is 194 Å². The van der Waals surface area contributed by atoms with Gasteiger partial charge < -0.3 is 5.32 Å². The van der Waals surface area contributed by atoms with Crippen LogP contribution in [0.1, 0.15) is 37.0 Å². The van der Waals surface area contributed by atoms with Crippen molar-refractivity contribution in [2.24, 2.45) is 5.92 Å². The molecule has 2 aromatic rings. The van der Waals surface area contributed by atoms with E-state index in [4.69, 9.17) is 11.6 Å². The lowest BCUT2D eigenvalue weighted by Gasteiger charge is -2.35. The summed E-state index contributed by atoms with van der Waals surface area (Å²) in [5, 5.41) is 3.05. The summed E-state index contributed by atoms with van der Waals surface area (Å²) in [6.45, 7) is 6.74. The summed E-state index contributed by atoms with van der Waals surface area (Å²) in [4.78, 5) is 15.1. The molecule has 0 bridgehead atoms. The van der Waals surface area contributed by atoms with Crippen molar-refractivity contribution in [1.29, 1.82) is 0 Å². The fraction of sp³-hybridized carbons (Fsp3) is 0.435. The molecule has 2 aromatic carbocycles. The van der Waals surface area contributed by atoms with E-state index in [0.29, 0.717) is 18.2 Å². The zero-order valence-corrected chi connectivity index (χ0v) is 20.1. The highest BCUT2D eigenvalue weighted by atomic mass is 35.5. The van der Waals surface area contributed by atoms with Gasteiger partial charge in [0.1, 0.15) is 5.82 Å². The Hall–Kier alpha value is -2.16. The number of likely N-dealkylation sites (tertiary alicyclic amines) is 1. The lowest BCUT2D eigenvalue weighted by molar-refractivity contribution is 0.0917. The van der Waals surface area contributed by atoms with Crippen molar-refractivity contribution in [1.82, 2.24) is 10.2 Å². The van der Waals surface area contributed by atoms with Gasteiger partial charge in [-0.15, -0.1) is 0 Å². The number of sulfonamides is 1. The van der Waals surface area contributed by atoms with E-state index in [-0.39, 0.29) is 21.5 Å². The van der Waals surface area contributed by atoms with Crippen molar-refractivity contribution in [2.75, 3.05) is 31.0 Å². The summed E-state index contributed by atoms with van der Waals surface area (Å²) >= 11 is 6.22. The molecule has 1 saturated heterocycles. The fourth-order valence-electron chi connectivity index (χ4n) is 3.88. The third-order valence-electron chi connectivity index (χ3n) is 5.90. The van der Waals surface area contributed by atoms with Crippen molar-refractivity contribution >= 4 is 33.2 Å². The summed E-state index contributed by atoms with van der Waals surface area (Å²) in [6.07, 6.45) is 2.37. The second kappa shape index (κ2) is 10.2. The number of halogens is 2. The molecule has 0 aromatic heterocycles. The number of nitrogens with one attached hydrogen (secondary N) is 1. The Balaban J connectivity index is 1.74. The average molecular weight is 482 g/mol. The predicted octanol–water partition coefficient (Wildman–Crippen LogP) is 4.15. The smallest absolute Gasteiger partial charge is 0.264 e. The molecule has 0 radical (unpaired) electrons. The van der Waals surface area contributed by atoms with Gasteiger partial charge in [-0.05, 0) is 74.7 Å². The van der Waals surface area contributed by atoms with Crippen LogP contribution in [0.3, 0.4) is 0 Å². The predicted molar refractivity (Wildman–Crippen MR) is 125 cm³/mol. The summed E-state index contributed by atoms with van der Waals surface area (Å²) in [6, 6.07) is 9.32. The first-order chi connectivity index (χ1) is 15.1. The number of carbonyl (C=O) groups excluding carboxylic acids is 1. The van der Waals surface area contributed by atoms with Gasteiger partial charge in [-0.25, -0.2) is 12.8 Å². The minimum atomic E-state index is -3.97. The number of carbonyl (C=O) groups is 1. The first-order valence-electron chi connectivity index (χ1n) is 10.7. The van der Waals surface area contributed by atoms with Gasteiger partial charge in [0.2, 0.25) is 0 Å². The second-order valence-corrected chi connectivity index (χ2v) is 10.8. The quantitative estimate of drug-likeness (QED) is 0.644. The van der Waals surface area contributed by atoms with Crippen molar-refractivity contribution in [2.45, 2.75) is 37.6 Å². The molecule has 0 saturated carbocycles. The minimum Gasteiger partial charge on any atom is -0.350 e. The molecule has 1 N–H and O–H groups in total. The topological polar surface area (TPSA) is 69.7 Å². The van der Waals surface area contributed by atoms with Crippen LogP contribution in [0, 0.1) is 11.7 Å². The molecule has 32 heavy (non-hydrogen) atoms. The molecule has 3 rings (SSSR count). The second-order valence-electron chi connectivity index (χ2n) is 8.39. The molecule has 1 aliphatic rings. The summed E-state index contributed by atoms with van der Waals surface area (Å²) in [5.74, 6) is -0.247. The van der Waals surface area contributed by atoms with Gasteiger partial charge in [-0.2, -0.15) is 0 Å². The molecule has 2 atom stereocenters. The molecule has 1 heterocycles. The molecule has 9 heteroatoms. The molecule has 6 nitrogen and oxygen atoms in total. The Morgan fingerprint density at radius 3 is 2.62 bits per heavy atom. The molecule has 2 unspecified atom stereocenters. The van der Waals surface area contributed by atoms with E-state index in [1.54, 1.807) is 0 Å². The van der Waals surface area contributed by atoms with Crippen LogP contribution in [0.15, 0.2) is 47.4 Å². The Morgan fingerprint density at radius 2 is 1.97 bits per heavy atom. The van der Waals surface area contributed by atoms with Gasteiger partial charge >= 0.3 is 0 Å². The highest BCUT2D eigenvalue weighted by Gasteiger charge is 2.25. The van der Waals surface area contributed by atoms with Crippen LogP contribution in [0.5, 0.6) is 0 Å². The number of amides is 1. The van der Waals surface area contributed by atoms with Gasteiger partial charge in [0.05, 0.1) is 21.2 Å². The Bertz CT molecular complexity index is 1060. The molecule has 174 valence electrons. The van der Waals surface area contributed by atoms with Crippen molar-refractivity contribution in [3.05, 3.63) is 58.9 Å². The highest BCUT2D eigenvalue weighted by Crippen LogP contribution is 2.26. The molecule has 1 amide bonds. The zero-order valence-electron chi connectivity index (χ0n) is 18.5. The van der Waals surface area contributed by atoms with E-state index in [0.717, 1.165) is 23.8 Å². The first kappa shape index (κ1) is 24.5. The number of nitrogens with zero attached hydrogens (tertiary/aromatic N) is 2. The Morgan fingerprint density at radius 1 is 1.28 bits per heavy atom. The lowest BCUT2D eigenvalue weighted by atomic mass is 9.99. The van der Waals surface area contributed by atoms with Crippen LogP contribution in [-0.2, 0) is 10.0 Å². The molecule has 1 aliphatic heterocycles. The minimum absolute atomic E-state index is 0.0724. The third kappa shape index (κ3) is 5.60.